The molecule has 2 aliphatic rings. The molecule has 7 heterocycles. The predicted octanol–water partition coefficient (Wildman–Crippen LogP) is 21.1. The van der Waals surface area contributed by atoms with Gasteiger partial charge in [0, 0.05) is 67.1 Å². The number of hydrogen-bond acceptors (Lipinski definition) is 7. The molecule has 0 N–H and O–H groups in total. The smallest absolute Gasteiger partial charge is 0.238 e. The van der Waals surface area contributed by atoms with Crippen molar-refractivity contribution in [2.45, 2.75) is 5.41 Å². The molecule has 464 valence electrons. The van der Waals surface area contributed by atoms with E-state index >= 15 is 0 Å². The third-order valence-corrected chi connectivity index (χ3v) is 20.7. The Hall–Kier alpha value is -13.6. The molecule has 0 radical (unpaired) electrons. The Balaban J connectivity index is 0.696. The minimum Gasteiger partial charge on any atom is -0.309 e. The second kappa shape index (κ2) is 21.7. The van der Waals surface area contributed by atoms with E-state index in [-0.39, 0.29) is 0 Å². The fourth-order valence-electron chi connectivity index (χ4n) is 16.4. The van der Waals surface area contributed by atoms with Crippen molar-refractivity contribution in [1.82, 2.24) is 48.6 Å². The third kappa shape index (κ3) is 8.22. The average molecular weight is 1280 g/mol. The van der Waals surface area contributed by atoms with E-state index in [1.165, 1.54) is 60.8 Å². The van der Waals surface area contributed by atoms with Crippen LogP contribution in [0.4, 0.5) is 0 Å². The first-order valence-corrected chi connectivity index (χ1v) is 33.8. The molecule has 10 heteroatoms. The van der Waals surface area contributed by atoms with E-state index in [1.807, 2.05) is 54.7 Å². The van der Waals surface area contributed by atoms with Crippen molar-refractivity contribution in [1.29, 1.82) is 0 Å². The summed E-state index contributed by atoms with van der Waals surface area (Å²) in [5.74, 6) is 2.15. The molecule has 0 atom stereocenters. The molecule has 0 saturated heterocycles. The highest BCUT2D eigenvalue weighted by atomic mass is 15.2. The van der Waals surface area contributed by atoms with Crippen LogP contribution in [-0.4, -0.2) is 48.6 Å². The molecule has 19 aromatic rings. The molecule has 0 amide bonds. The lowest BCUT2D eigenvalue weighted by Crippen LogP contribution is -2.25. The van der Waals surface area contributed by atoms with Gasteiger partial charge in [-0.2, -0.15) is 9.97 Å². The van der Waals surface area contributed by atoms with Crippen LogP contribution >= 0.6 is 0 Å². The summed E-state index contributed by atoms with van der Waals surface area (Å²) < 4.78 is 6.83. The van der Waals surface area contributed by atoms with Gasteiger partial charge in [0.15, 0.2) is 11.6 Å². The molecule has 10 nitrogen and oxygen atoms in total. The van der Waals surface area contributed by atoms with Crippen LogP contribution in [0.1, 0.15) is 22.3 Å². The van der Waals surface area contributed by atoms with Crippen molar-refractivity contribution >= 4 is 65.4 Å². The van der Waals surface area contributed by atoms with Gasteiger partial charge in [0.1, 0.15) is 0 Å². The standard InChI is InChI=1S/C90H54N10/c1-3-22-55(23-4-1)86-95-87(97-89(96-86)100-81-40-18-10-30-64(81)67-43-44-74-84(85(67)100)68-33-9-15-36-73(68)90(74)71-34-13-7-28-62(71)63-29-8-14-35-72(63)90)60-25-21-24-56(50-60)59-47-49-92-76(53-59)78-54-77(75-37-19-20-48-91-75)93-88(94-78)99-80-39-17-12-32-66(80)70-52-58(42-46-83(70)99)57-41-45-82-69(51-57)65-31-11-16-38-79(65)98(82)61-26-5-2-6-27-61/h1-54H. The Morgan fingerprint density at radius 1 is 0.240 bits per heavy atom. The molecule has 12 aromatic carbocycles. The maximum absolute atomic E-state index is 5.58. The fourth-order valence-corrected chi connectivity index (χ4v) is 16.4. The maximum atomic E-state index is 5.58. The average Bonchev–Trinajstić information content (AvgIpc) is 1.50. The highest BCUT2D eigenvalue weighted by Gasteiger charge is 2.52. The van der Waals surface area contributed by atoms with E-state index in [0.717, 1.165) is 93.9 Å². The lowest BCUT2D eigenvalue weighted by Gasteiger charge is -2.30. The predicted molar refractivity (Wildman–Crippen MR) is 403 cm³/mol. The lowest BCUT2D eigenvalue weighted by molar-refractivity contribution is 0.794. The first-order valence-electron chi connectivity index (χ1n) is 33.8. The molecule has 0 saturated carbocycles. The highest BCUT2D eigenvalue weighted by Crippen LogP contribution is 2.64. The van der Waals surface area contributed by atoms with Gasteiger partial charge in [0.25, 0.3) is 0 Å². The fraction of sp³-hybridized carbons (Fsp3) is 0.0111. The quantitative estimate of drug-likeness (QED) is 0.142. The second-order valence-electron chi connectivity index (χ2n) is 25.9. The van der Waals surface area contributed by atoms with Crippen LogP contribution in [-0.2, 0) is 5.41 Å². The normalized spacial score (nSPS) is 12.7. The van der Waals surface area contributed by atoms with Crippen LogP contribution in [0.15, 0.2) is 328 Å². The van der Waals surface area contributed by atoms with Crippen LogP contribution in [0.3, 0.4) is 0 Å². The molecule has 0 unspecified atom stereocenters. The summed E-state index contributed by atoms with van der Waals surface area (Å²) in [6, 6.07) is 112. The van der Waals surface area contributed by atoms with E-state index in [2.05, 4.69) is 281 Å². The van der Waals surface area contributed by atoms with Crippen molar-refractivity contribution in [2.24, 2.45) is 0 Å². The van der Waals surface area contributed by atoms with Gasteiger partial charge in [-0.1, -0.05) is 224 Å². The topological polar surface area (TPSA) is 105 Å². The molecule has 2 aliphatic carbocycles. The second-order valence-corrected chi connectivity index (χ2v) is 25.9. The summed E-state index contributed by atoms with van der Waals surface area (Å²) in [5.41, 5.74) is 25.5. The Bertz CT molecular complexity index is 6560. The zero-order valence-corrected chi connectivity index (χ0v) is 53.6. The lowest BCUT2D eigenvalue weighted by atomic mass is 9.70. The van der Waals surface area contributed by atoms with Crippen molar-refractivity contribution in [3.63, 3.8) is 0 Å². The molecular formula is C90H54N10. The Labute approximate surface area is 573 Å². The zero-order chi connectivity index (χ0) is 65.6. The van der Waals surface area contributed by atoms with Crippen molar-refractivity contribution in [3.05, 3.63) is 350 Å². The number of fused-ring (bicyclic) bond motifs is 20. The van der Waals surface area contributed by atoms with Gasteiger partial charge in [-0.05, 0) is 152 Å². The first kappa shape index (κ1) is 55.7. The van der Waals surface area contributed by atoms with E-state index in [9.17, 15) is 0 Å². The minimum absolute atomic E-state index is 0.507. The minimum atomic E-state index is -0.539. The third-order valence-electron chi connectivity index (χ3n) is 20.7. The summed E-state index contributed by atoms with van der Waals surface area (Å²) in [7, 11) is 0. The van der Waals surface area contributed by atoms with Crippen LogP contribution in [0.5, 0.6) is 0 Å². The van der Waals surface area contributed by atoms with Crippen molar-refractivity contribution < 1.29 is 0 Å². The van der Waals surface area contributed by atoms with E-state index in [4.69, 9.17) is 34.9 Å². The zero-order valence-electron chi connectivity index (χ0n) is 53.6. The molecule has 100 heavy (non-hydrogen) atoms. The first-order chi connectivity index (χ1) is 49.6. The van der Waals surface area contributed by atoms with Gasteiger partial charge in [0.2, 0.25) is 11.9 Å². The van der Waals surface area contributed by atoms with E-state index < -0.39 is 5.41 Å². The van der Waals surface area contributed by atoms with Gasteiger partial charge in [-0.15, -0.1) is 0 Å². The number of para-hydroxylation sites is 4. The van der Waals surface area contributed by atoms with Gasteiger partial charge in [-0.3, -0.25) is 19.1 Å². The van der Waals surface area contributed by atoms with E-state index in [1.54, 1.807) is 6.20 Å². The monoisotopic (exact) mass is 1270 g/mol. The molecular weight excluding hydrogens is 1220 g/mol. The van der Waals surface area contributed by atoms with Gasteiger partial charge < -0.3 is 4.57 Å². The largest absolute Gasteiger partial charge is 0.309 e. The number of hydrogen-bond donors (Lipinski definition) is 0. The van der Waals surface area contributed by atoms with Crippen LogP contribution in [0.2, 0.25) is 0 Å². The van der Waals surface area contributed by atoms with Crippen LogP contribution < -0.4 is 0 Å². The molecule has 1 spiro atoms. The Morgan fingerprint density at radius 3 is 1.41 bits per heavy atom. The van der Waals surface area contributed by atoms with Gasteiger partial charge in [-0.25, -0.2) is 15.0 Å². The number of rotatable bonds is 9. The number of nitrogens with zero attached hydrogens (tertiary/aromatic N) is 10. The number of aromatic nitrogens is 10. The van der Waals surface area contributed by atoms with E-state index in [0.29, 0.717) is 40.6 Å². The van der Waals surface area contributed by atoms with Gasteiger partial charge in [0.05, 0.1) is 61.3 Å². The summed E-state index contributed by atoms with van der Waals surface area (Å²) in [4.78, 5) is 37.1. The summed E-state index contributed by atoms with van der Waals surface area (Å²) in [6.07, 6.45) is 3.66. The molecule has 0 aliphatic heterocycles. The molecule has 21 rings (SSSR count). The molecule has 0 fully saturated rings. The van der Waals surface area contributed by atoms with Crippen LogP contribution in [0.25, 0.3) is 173 Å². The highest BCUT2D eigenvalue weighted by molar-refractivity contribution is 6.17. The Morgan fingerprint density at radius 2 is 0.730 bits per heavy atom. The molecule has 7 aromatic heterocycles. The number of pyridine rings is 2. The van der Waals surface area contributed by atoms with Gasteiger partial charge >= 0.3 is 0 Å². The SMILES string of the molecule is c1ccc(-c2nc(-c3cccc(-c4ccnc(-c5cc(-c6ccccn6)nc(-n6c7ccccc7c7cc(-c8ccc9c(c8)c8ccccc8n9-c8ccccc8)ccc76)n5)c4)c3)nc(-n3c4ccccc4c4ccc5c(c43)-c3ccccc3C53c4ccccc4-c4ccccc43)n2)cc1. The number of benzene rings is 12. The maximum Gasteiger partial charge on any atom is 0.238 e. The summed E-state index contributed by atoms with van der Waals surface area (Å²) in [6.45, 7) is 0. The van der Waals surface area contributed by atoms with Crippen molar-refractivity contribution in [3.8, 4) is 108 Å². The summed E-state index contributed by atoms with van der Waals surface area (Å²) >= 11 is 0. The van der Waals surface area contributed by atoms with Crippen molar-refractivity contribution in [2.75, 3.05) is 0 Å². The molecule has 0 bridgehead atoms. The van der Waals surface area contributed by atoms with Crippen LogP contribution in [0, 0.1) is 0 Å². The summed E-state index contributed by atoms with van der Waals surface area (Å²) in [5, 5.41) is 6.84. The Kier molecular flexibility index (Phi) is 12.1.